The number of nitrogens with zero attached hydrogens (tertiary/aromatic N) is 2. The molecular formula is C42H52ClN5O9S. The van der Waals surface area contributed by atoms with Crippen molar-refractivity contribution in [2.75, 3.05) is 6.54 Å². The fraction of sp³-hybridized carbons (Fsp3) is 0.643. The molecule has 2 bridgehead atoms. The number of benzene rings is 1. The van der Waals surface area contributed by atoms with Crippen LogP contribution in [0.25, 0.3) is 10.8 Å². The van der Waals surface area contributed by atoms with Crippen molar-refractivity contribution < 1.29 is 37.1 Å². The molecule has 3 heterocycles. The van der Waals surface area contributed by atoms with E-state index in [0.717, 1.165) is 51.4 Å². The molecule has 4 amide bonds. The Morgan fingerprint density at radius 3 is 2.41 bits per heavy atom. The number of sulfonamides is 1. The number of nitrogens with one attached hydrogen (secondary N) is 3. The van der Waals surface area contributed by atoms with E-state index in [1.54, 1.807) is 28.8 Å². The third-order valence-corrected chi connectivity index (χ3v) is 16.1. The zero-order valence-corrected chi connectivity index (χ0v) is 34.1. The lowest BCUT2D eigenvalue weighted by Gasteiger charge is -2.32. The van der Waals surface area contributed by atoms with Crippen molar-refractivity contribution in [1.29, 1.82) is 0 Å². The van der Waals surface area contributed by atoms with Crippen LogP contribution >= 0.6 is 11.6 Å². The number of carbonyl (C=O) groups is 4. The summed E-state index contributed by atoms with van der Waals surface area (Å²) in [5.74, 6) is -1.27. The van der Waals surface area contributed by atoms with Gasteiger partial charge >= 0.3 is 6.09 Å². The second-order valence-corrected chi connectivity index (χ2v) is 20.3. The predicted molar refractivity (Wildman–Crippen MR) is 214 cm³/mol. The average Bonchev–Trinajstić information content (AvgIpc) is 4.13. The molecule has 3 N–H and O–H groups in total. The molecule has 1 aromatic carbocycles. The lowest BCUT2D eigenvalue weighted by molar-refractivity contribution is -0.142. The number of alkyl carbamates (subject to hydrolysis) is 1. The first kappa shape index (κ1) is 39.4. The SMILES string of the molecule is C=C[C@@H]1C[C@]1(NC(=O)[C@@H]1C[C@@H]2CN1C(=O)[C@H](C1CCCC1)NC(=O)O[C@@H]1CCC[C@H]1CC1CC1CCn1c(cc3cc(Cl)ccc3c1=O)O2)C(=O)NS(=O)(=O)C1CC1. The Balaban J connectivity index is 1.07. The van der Waals surface area contributed by atoms with Gasteiger partial charge in [0.1, 0.15) is 29.8 Å². The first-order chi connectivity index (χ1) is 27.8. The second-order valence-electron chi connectivity index (χ2n) is 17.9. The number of carbonyl (C=O) groups excluding carboxylic acids is 4. The topological polar surface area (TPSA) is 182 Å². The number of rotatable bonds is 7. The minimum atomic E-state index is -3.92. The summed E-state index contributed by atoms with van der Waals surface area (Å²) in [6, 6.07) is 4.76. The standard InChI is InChI=1S/C42H52ClN5O9S/c1-2-28-21-42(28,40(52)46-58(54,55)31-11-12-31)45-37(49)33-20-30-22-48(33)39(51)36(23-6-3-4-7-23)44-41(53)57-34-9-5-8-25(34)17-26-16-24(26)14-15-47-35(56-30)19-27-18-29(43)10-13-32(27)38(47)50/h2,10,13,18-19,23-26,28,30-31,33-34,36H,1,3-9,11-12,14-17,20-22H2,(H,44,53)(H,45,49)(H,46,52)/t24?,25-,26?,28+,30+,33-,34+,36-,42+/m0/s1. The Labute approximate surface area is 342 Å². The number of fused-ring (bicyclic) bond motifs is 6. The molecule has 312 valence electrons. The molecule has 0 spiro atoms. The number of amides is 4. The van der Waals surface area contributed by atoms with Crippen LogP contribution in [0.1, 0.15) is 89.9 Å². The van der Waals surface area contributed by atoms with Crippen LogP contribution in [0.4, 0.5) is 4.79 Å². The van der Waals surface area contributed by atoms with Crippen molar-refractivity contribution in [3.63, 3.8) is 0 Å². The highest BCUT2D eigenvalue weighted by Gasteiger charge is 2.62. The first-order valence-corrected chi connectivity index (χ1v) is 23.0. The van der Waals surface area contributed by atoms with Crippen molar-refractivity contribution >= 4 is 56.2 Å². The molecule has 7 aliphatic rings. The lowest BCUT2D eigenvalue weighted by Crippen LogP contribution is -2.59. The monoisotopic (exact) mass is 837 g/mol. The maximum Gasteiger partial charge on any atom is 0.408 e. The maximum atomic E-state index is 14.9. The predicted octanol–water partition coefficient (Wildman–Crippen LogP) is 4.56. The number of hydrogen-bond acceptors (Lipinski definition) is 9. The number of halogens is 1. The Hall–Kier alpha value is -4.11. The lowest BCUT2D eigenvalue weighted by atomic mass is 9.96. The highest BCUT2D eigenvalue weighted by atomic mass is 35.5. The molecule has 16 heteroatoms. The molecule has 9 rings (SSSR count). The van der Waals surface area contributed by atoms with E-state index < -0.39 is 68.7 Å². The van der Waals surface area contributed by atoms with Gasteiger partial charge in [-0.15, -0.1) is 6.58 Å². The Morgan fingerprint density at radius 1 is 0.914 bits per heavy atom. The van der Waals surface area contributed by atoms with Gasteiger partial charge in [-0.25, -0.2) is 13.2 Å². The summed E-state index contributed by atoms with van der Waals surface area (Å²) >= 11 is 6.37. The van der Waals surface area contributed by atoms with Crippen molar-refractivity contribution in [2.45, 2.75) is 132 Å². The maximum absolute atomic E-state index is 14.9. The fourth-order valence-corrected chi connectivity index (χ4v) is 11.9. The molecule has 14 nitrogen and oxygen atoms in total. The van der Waals surface area contributed by atoms with E-state index in [-0.39, 0.29) is 42.9 Å². The van der Waals surface area contributed by atoms with Gasteiger partial charge in [0.2, 0.25) is 21.8 Å². The highest BCUT2D eigenvalue weighted by Crippen LogP contribution is 2.49. The Bertz CT molecular complexity index is 2200. The third-order valence-electron chi connectivity index (χ3n) is 14.1. The summed E-state index contributed by atoms with van der Waals surface area (Å²) in [6.45, 7) is 4.17. The van der Waals surface area contributed by atoms with Gasteiger partial charge in [0.25, 0.3) is 11.5 Å². The average molecular weight is 838 g/mol. The van der Waals surface area contributed by atoms with E-state index in [2.05, 4.69) is 21.9 Å². The molecule has 2 unspecified atom stereocenters. The van der Waals surface area contributed by atoms with Crippen molar-refractivity contribution in [2.24, 2.45) is 29.6 Å². The number of ether oxygens (including phenoxy) is 2. The fourth-order valence-electron chi connectivity index (χ4n) is 10.4. The highest BCUT2D eigenvalue weighted by molar-refractivity contribution is 7.91. The first-order valence-electron chi connectivity index (χ1n) is 21.1. The summed E-state index contributed by atoms with van der Waals surface area (Å²) in [4.78, 5) is 72.3. The van der Waals surface area contributed by atoms with Gasteiger partial charge in [-0.1, -0.05) is 30.5 Å². The van der Waals surface area contributed by atoms with Gasteiger partial charge in [-0.05, 0) is 118 Å². The van der Waals surface area contributed by atoms with Crippen LogP contribution in [-0.2, 0) is 35.7 Å². The van der Waals surface area contributed by atoms with Gasteiger partial charge in [0.15, 0.2) is 5.88 Å². The zero-order valence-electron chi connectivity index (χ0n) is 32.5. The van der Waals surface area contributed by atoms with Crippen molar-refractivity contribution in [1.82, 2.24) is 24.8 Å². The van der Waals surface area contributed by atoms with Crippen LogP contribution < -0.4 is 25.7 Å². The minimum absolute atomic E-state index is 0.00641. The molecule has 5 saturated carbocycles. The summed E-state index contributed by atoms with van der Waals surface area (Å²) in [5, 5.41) is 6.70. The third kappa shape index (κ3) is 7.61. The van der Waals surface area contributed by atoms with Crippen LogP contribution in [0, 0.1) is 29.6 Å². The molecule has 5 aliphatic carbocycles. The van der Waals surface area contributed by atoms with Crippen LogP contribution in [0.15, 0.2) is 41.7 Å². The van der Waals surface area contributed by atoms with Crippen LogP contribution in [0.5, 0.6) is 5.88 Å². The molecule has 9 atom stereocenters. The molecule has 2 aliphatic heterocycles. The van der Waals surface area contributed by atoms with Crippen LogP contribution in [-0.4, -0.2) is 83.3 Å². The molecule has 58 heavy (non-hydrogen) atoms. The van der Waals surface area contributed by atoms with E-state index >= 15 is 0 Å². The molecule has 1 saturated heterocycles. The van der Waals surface area contributed by atoms with E-state index in [9.17, 15) is 32.4 Å². The van der Waals surface area contributed by atoms with Gasteiger partial charge in [0.05, 0.1) is 11.8 Å². The normalized spacial score (nSPS) is 34.0. The van der Waals surface area contributed by atoms with Gasteiger partial charge in [0, 0.05) is 35.4 Å². The summed E-state index contributed by atoms with van der Waals surface area (Å²) < 4.78 is 42.2. The van der Waals surface area contributed by atoms with Crippen LogP contribution in [0.2, 0.25) is 5.02 Å². The van der Waals surface area contributed by atoms with E-state index in [0.29, 0.717) is 65.7 Å². The number of hydrogen-bond donors (Lipinski definition) is 3. The zero-order chi connectivity index (χ0) is 40.5. The van der Waals surface area contributed by atoms with Gasteiger partial charge in [-0.2, -0.15) is 0 Å². The van der Waals surface area contributed by atoms with E-state index in [1.165, 1.54) is 11.0 Å². The van der Waals surface area contributed by atoms with E-state index in [1.807, 2.05) is 0 Å². The molecule has 6 fully saturated rings. The second kappa shape index (κ2) is 15.2. The van der Waals surface area contributed by atoms with E-state index in [4.69, 9.17) is 21.1 Å². The molecular weight excluding hydrogens is 786 g/mol. The summed E-state index contributed by atoms with van der Waals surface area (Å²) in [6.07, 6.45) is 9.52. The number of aromatic nitrogens is 1. The van der Waals surface area contributed by atoms with Crippen molar-refractivity contribution in [3.8, 4) is 5.88 Å². The minimum Gasteiger partial charge on any atom is -0.473 e. The van der Waals surface area contributed by atoms with Crippen molar-refractivity contribution in [3.05, 3.63) is 52.3 Å². The van der Waals surface area contributed by atoms with Gasteiger partial charge < -0.3 is 25.0 Å². The quantitative estimate of drug-likeness (QED) is 0.337. The number of pyridine rings is 1. The Kier molecular flexibility index (Phi) is 10.3. The summed E-state index contributed by atoms with van der Waals surface area (Å²) in [7, 11) is -3.92. The molecule has 1 aromatic heterocycles. The molecule has 0 radical (unpaired) electrons. The van der Waals surface area contributed by atoms with Gasteiger partial charge in [-0.3, -0.25) is 28.5 Å². The smallest absolute Gasteiger partial charge is 0.408 e. The largest absolute Gasteiger partial charge is 0.473 e. The molecule has 2 aromatic rings. The van der Waals surface area contributed by atoms with Crippen LogP contribution in [0.3, 0.4) is 0 Å². The Morgan fingerprint density at radius 2 is 1.67 bits per heavy atom. The summed E-state index contributed by atoms with van der Waals surface area (Å²) in [5.41, 5.74) is -1.79.